The zero-order chi connectivity index (χ0) is 14.7. The first-order valence-corrected chi connectivity index (χ1v) is 7.33. The molecule has 1 aromatic carbocycles. The van der Waals surface area contributed by atoms with Crippen molar-refractivity contribution in [3.63, 3.8) is 0 Å². The average molecular weight is 274 g/mol. The van der Waals surface area contributed by atoms with Crippen LogP contribution in [0.25, 0.3) is 11.0 Å². The number of aromatic carboxylic acids is 1. The Morgan fingerprint density at radius 1 is 1.30 bits per heavy atom. The fourth-order valence-corrected chi connectivity index (χ4v) is 2.65. The fraction of sp³-hybridized carbons (Fsp3) is 0.500. The number of carbonyl (C=O) groups is 1. The molecule has 0 unspecified atom stereocenters. The van der Waals surface area contributed by atoms with Crippen molar-refractivity contribution in [1.82, 2.24) is 9.55 Å². The lowest BCUT2D eigenvalue weighted by atomic mass is 10.0. The highest BCUT2D eigenvalue weighted by Gasteiger charge is 2.17. The van der Waals surface area contributed by atoms with Gasteiger partial charge in [-0.2, -0.15) is 0 Å². The second kappa shape index (κ2) is 6.07. The van der Waals surface area contributed by atoms with Gasteiger partial charge in [0.1, 0.15) is 11.3 Å². The van der Waals surface area contributed by atoms with Crippen LogP contribution >= 0.6 is 0 Å². The van der Waals surface area contributed by atoms with Gasteiger partial charge >= 0.3 is 5.97 Å². The summed E-state index contributed by atoms with van der Waals surface area (Å²) in [6.45, 7) is 7.37. The second-order valence-corrected chi connectivity index (χ2v) is 5.15. The van der Waals surface area contributed by atoms with Crippen LogP contribution in [-0.2, 0) is 13.0 Å². The third-order valence-electron chi connectivity index (χ3n) is 4.00. The molecule has 0 aliphatic rings. The minimum atomic E-state index is -0.912. The van der Waals surface area contributed by atoms with E-state index in [0.717, 1.165) is 37.1 Å². The van der Waals surface area contributed by atoms with Gasteiger partial charge in [0.2, 0.25) is 0 Å². The van der Waals surface area contributed by atoms with E-state index in [1.54, 1.807) is 12.1 Å². The highest BCUT2D eigenvalue weighted by molar-refractivity contribution is 6.01. The van der Waals surface area contributed by atoms with Gasteiger partial charge in [0.25, 0.3) is 0 Å². The normalized spacial score (nSPS) is 11.4. The number of hydrogen-bond donors (Lipinski definition) is 1. The van der Waals surface area contributed by atoms with Gasteiger partial charge in [0.05, 0.1) is 11.1 Å². The zero-order valence-electron chi connectivity index (χ0n) is 12.4. The summed E-state index contributed by atoms with van der Waals surface area (Å²) in [5.41, 5.74) is 1.84. The molecule has 0 fully saturated rings. The molecule has 1 heterocycles. The van der Waals surface area contributed by atoms with Crippen LogP contribution in [0.5, 0.6) is 0 Å². The third kappa shape index (κ3) is 2.55. The van der Waals surface area contributed by atoms with Crippen molar-refractivity contribution < 1.29 is 9.90 Å². The largest absolute Gasteiger partial charge is 0.478 e. The van der Waals surface area contributed by atoms with Crippen LogP contribution in [0.3, 0.4) is 0 Å². The Morgan fingerprint density at radius 2 is 2.00 bits per heavy atom. The lowest BCUT2D eigenvalue weighted by molar-refractivity contribution is 0.0699. The smallest absolute Gasteiger partial charge is 0.337 e. The van der Waals surface area contributed by atoms with Gasteiger partial charge in [0.15, 0.2) is 0 Å². The lowest BCUT2D eigenvalue weighted by Crippen LogP contribution is -2.11. The molecule has 4 heteroatoms. The molecule has 108 valence electrons. The van der Waals surface area contributed by atoms with Crippen LogP contribution < -0.4 is 0 Å². The van der Waals surface area contributed by atoms with Crippen molar-refractivity contribution >= 4 is 17.0 Å². The van der Waals surface area contributed by atoms with E-state index >= 15 is 0 Å². The summed E-state index contributed by atoms with van der Waals surface area (Å²) in [5, 5.41) is 9.28. The Labute approximate surface area is 119 Å². The number of imidazole rings is 1. The maximum atomic E-state index is 11.3. The van der Waals surface area contributed by atoms with E-state index in [1.165, 1.54) is 0 Å². The van der Waals surface area contributed by atoms with E-state index in [1.807, 2.05) is 6.07 Å². The number of carboxylic acids is 1. The second-order valence-electron chi connectivity index (χ2n) is 5.15. The van der Waals surface area contributed by atoms with E-state index in [9.17, 15) is 9.90 Å². The van der Waals surface area contributed by atoms with Crippen molar-refractivity contribution in [1.29, 1.82) is 0 Å². The van der Waals surface area contributed by atoms with Crippen molar-refractivity contribution in [2.75, 3.05) is 0 Å². The van der Waals surface area contributed by atoms with Crippen LogP contribution in [-0.4, -0.2) is 20.6 Å². The highest BCUT2D eigenvalue weighted by Crippen LogP contribution is 2.23. The van der Waals surface area contributed by atoms with Crippen molar-refractivity contribution in [3.05, 3.63) is 29.6 Å². The molecular weight excluding hydrogens is 252 g/mol. The highest BCUT2D eigenvalue weighted by atomic mass is 16.4. The SMILES string of the molecule is CCc1nc2c(C(=O)O)cccc2n1CC(CC)CC. The summed E-state index contributed by atoms with van der Waals surface area (Å²) in [6.07, 6.45) is 3.06. The van der Waals surface area contributed by atoms with Crippen LogP contribution in [0.1, 0.15) is 49.8 Å². The molecule has 2 rings (SSSR count). The number of carboxylic acid groups (broad SMARTS) is 1. The molecule has 2 aromatic rings. The van der Waals surface area contributed by atoms with Gasteiger partial charge in [-0.3, -0.25) is 0 Å². The first-order chi connectivity index (χ1) is 9.62. The monoisotopic (exact) mass is 274 g/mol. The first kappa shape index (κ1) is 14.6. The topological polar surface area (TPSA) is 55.1 Å². The van der Waals surface area contributed by atoms with Crippen molar-refractivity contribution in [2.24, 2.45) is 5.92 Å². The fourth-order valence-electron chi connectivity index (χ4n) is 2.65. The number of benzene rings is 1. The molecule has 1 aromatic heterocycles. The molecule has 0 aliphatic carbocycles. The van der Waals surface area contributed by atoms with E-state index in [4.69, 9.17) is 0 Å². The Morgan fingerprint density at radius 3 is 2.55 bits per heavy atom. The summed E-state index contributed by atoms with van der Waals surface area (Å²) in [6, 6.07) is 5.39. The number of para-hydroxylation sites is 1. The molecule has 0 saturated carbocycles. The van der Waals surface area contributed by atoms with Gasteiger partial charge in [-0.05, 0) is 18.1 Å². The Hall–Kier alpha value is -1.84. The lowest BCUT2D eigenvalue weighted by Gasteiger charge is -2.15. The standard InChI is InChI=1S/C16H22N2O2/c1-4-11(5-2)10-18-13-9-7-8-12(16(19)20)15(13)17-14(18)6-3/h7-9,11H,4-6,10H2,1-3H3,(H,19,20). The minimum absolute atomic E-state index is 0.292. The predicted molar refractivity (Wildman–Crippen MR) is 80.1 cm³/mol. The van der Waals surface area contributed by atoms with E-state index in [0.29, 0.717) is 17.0 Å². The molecule has 0 bridgehead atoms. The molecule has 0 aliphatic heterocycles. The maximum absolute atomic E-state index is 11.3. The van der Waals surface area contributed by atoms with E-state index < -0.39 is 5.97 Å². The van der Waals surface area contributed by atoms with Crippen molar-refractivity contribution in [3.8, 4) is 0 Å². The Kier molecular flexibility index (Phi) is 4.42. The molecule has 0 amide bonds. The summed E-state index contributed by atoms with van der Waals surface area (Å²) < 4.78 is 2.19. The molecular formula is C16H22N2O2. The molecule has 20 heavy (non-hydrogen) atoms. The molecule has 0 atom stereocenters. The Balaban J connectivity index is 2.58. The zero-order valence-corrected chi connectivity index (χ0v) is 12.4. The molecule has 0 saturated heterocycles. The van der Waals surface area contributed by atoms with E-state index in [-0.39, 0.29) is 0 Å². The van der Waals surface area contributed by atoms with E-state index in [2.05, 4.69) is 30.3 Å². The van der Waals surface area contributed by atoms with Gasteiger partial charge in [-0.1, -0.05) is 39.7 Å². The number of aryl methyl sites for hydroxylation is 1. The predicted octanol–water partition coefficient (Wildman–Crippen LogP) is 3.73. The summed E-state index contributed by atoms with van der Waals surface area (Å²) in [5.74, 6) is 0.664. The maximum Gasteiger partial charge on any atom is 0.337 e. The molecule has 1 N–H and O–H groups in total. The Bertz CT molecular complexity index is 612. The van der Waals surface area contributed by atoms with Crippen LogP contribution in [0, 0.1) is 5.92 Å². The summed E-state index contributed by atoms with van der Waals surface area (Å²) in [7, 11) is 0. The quantitative estimate of drug-likeness (QED) is 0.873. The first-order valence-electron chi connectivity index (χ1n) is 7.33. The molecule has 0 spiro atoms. The van der Waals surface area contributed by atoms with Crippen LogP contribution in [0.2, 0.25) is 0 Å². The number of aromatic nitrogens is 2. The molecule has 0 radical (unpaired) electrons. The van der Waals surface area contributed by atoms with Crippen LogP contribution in [0.4, 0.5) is 0 Å². The number of nitrogens with zero attached hydrogens (tertiary/aromatic N) is 2. The molecule has 4 nitrogen and oxygen atoms in total. The van der Waals surface area contributed by atoms with Gasteiger partial charge in [-0.15, -0.1) is 0 Å². The summed E-state index contributed by atoms with van der Waals surface area (Å²) >= 11 is 0. The van der Waals surface area contributed by atoms with Crippen LogP contribution in [0.15, 0.2) is 18.2 Å². The minimum Gasteiger partial charge on any atom is -0.478 e. The van der Waals surface area contributed by atoms with Crippen molar-refractivity contribution in [2.45, 2.75) is 46.6 Å². The summed E-state index contributed by atoms with van der Waals surface area (Å²) in [4.78, 5) is 15.9. The number of hydrogen-bond acceptors (Lipinski definition) is 2. The van der Waals surface area contributed by atoms with Gasteiger partial charge in [0, 0.05) is 13.0 Å². The average Bonchev–Trinajstić information content (AvgIpc) is 2.81. The van der Waals surface area contributed by atoms with Gasteiger partial charge in [-0.25, -0.2) is 9.78 Å². The number of fused-ring (bicyclic) bond motifs is 1. The third-order valence-corrected chi connectivity index (χ3v) is 4.00. The number of rotatable bonds is 6. The van der Waals surface area contributed by atoms with Gasteiger partial charge < -0.3 is 9.67 Å².